The number of morpholine rings is 1. The number of nitrogens with zero attached hydrogens (tertiary/aromatic N) is 2. The Kier molecular flexibility index (Phi) is 5.38. The highest BCUT2D eigenvalue weighted by Gasteiger charge is 2.21. The summed E-state index contributed by atoms with van der Waals surface area (Å²) in [6.45, 7) is 2.89. The van der Waals surface area contributed by atoms with Gasteiger partial charge >= 0.3 is 0 Å². The monoisotopic (exact) mass is 372 g/mol. The fourth-order valence-electron chi connectivity index (χ4n) is 3.83. The lowest BCUT2D eigenvalue weighted by molar-refractivity contribution is 0.0945. The summed E-state index contributed by atoms with van der Waals surface area (Å²) < 4.78 is 19.8. The number of rotatable bonds is 4. The van der Waals surface area contributed by atoms with Gasteiger partial charge in [-0.2, -0.15) is 5.10 Å². The average molecular weight is 372 g/mol. The second-order valence-corrected chi connectivity index (χ2v) is 7.16. The molecule has 0 radical (unpaired) electrons. The van der Waals surface area contributed by atoms with Gasteiger partial charge in [-0.05, 0) is 43.4 Å². The summed E-state index contributed by atoms with van der Waals surface area (Å²) in [5.74, 6) is -0.468. The normalized spacial score (nSPS) is 17.3. The number of benzene rings is 1. The topological polar surface area (TPSA) is 70.2 Å². The van der Waals surface area contributed by atoms with Crippen LogP contribution in [-0.4, -0.2) is 42.4 Å². The molecule has 1 aromatic carbocycles. The van der Waals surface area contributed by atoms with Gasteiger partial charge in [-0.15, -0.1) is 0 Å². The summed E-state index contributed by atoms with van der Waals surface area (Å²) in [4.78, 5) is 14.5. The van der Waals surface area contributed by atoms with Gasteiger partial charge in [0.25, 0.3) is 5.91 Å². The second-order valence-electron chi connectivity index (χ2n) is 7.16. The van der Waals surface area contributed by atoms with E-state index in [0.717, 1.165) is 42.5 Å². The molecule has 27 heavy (non-hydrogen) atoms. The van der Waals surface area contributed by atoms with Gasteiger partial charge < -0.3 is 15.0 Å². The van der Waals surface area contributed by atoms with Crippen LogP contribution in [0.2, 0.25) is 0 Å². The molecule has 0 spiro atoms. The number of aromatic nitrogens is 2. The third kappa shape index (κ3) is 3.98. The number of fused-ring (bicyclic) bond motifs is 1. The number of ether oxygens (including phenoxy) is 1. The summed E-state index contributed by atoms with van der Waals surface area (Å²) in [6, 6.07) is 5.14. The minimum atomic E-state index is -0.266. The van der Waals surface area contributed by atoms with Gasteiger partial charge in [-0.1, -0.05) is 12.5 Å². The van der Waals surface area contributed by atoms with E-state index in [1.165, 1.54) is 12.5 Å². The molecule has 6 nitrogen and oxygen atoms in total. The fourth-order valence-corrected chi connectivity index (χ4v) is 3.83. The van der Waals surface area contributed by atoms with Gasteiger partial charge in [0.1, 0.15) is 5.82 Å². The van der Waals surface area contributed by atoms with Crippen molar-refractivity contribution in [3.05, 3.63) is 46.5 Å². The van der Waals surface area contributed by atoms with Crippen LogP contribution in [0.25, 0.3) is 0 Å². The van der Waals surface area contributed by atoms with Gasteiger partial charge in [0.05, 0.1) is 18.9 Å². The predicted molar refractivity (Wildman–Crippen MR) is 100 cm³/mol. The molecule has 4 rings (SSSR count). The van der Waals surface area contributed by atoms with Crippen LogP contribution in [0.1, 0.15) is 46.6 Å². The highest BCUT2D eigenvalue weighted by molar-refractivity contribution is 5.94. The van der Waals surface area contributed by atoms with E-state index in [4.69, 9.17) is 4.74 Å². The van der Waals surface area contributed by atoms with Crippen LogP contribution >= 0.6 is 0 Å². The van der Waals surface area contributed by atoms with Gasteiger partial charge in [0.2, 0.25) is 0 Å². The SMILES string of the molecule is O=C(NCc1ccc(N2CCOCC2)c(F)c1)c1n[nH]c2c1CCCCC2. The van der Waals surface area contributed by atoms with Crippen molar-refractivity contribution in [2.24, 2.45) is 0 Å². The molecule has 0 atom stereocenters. The number of carbonyl (C=O) groups is 1. The predicted octanol–water partition coefficient (Wildman–Crippen LogP) is 2.58. The van der Waals surface area contributed by atoms with E-state index in [9.17, 15) is 9.18 Å². The molecule has 0 unspecified atom stereocenters. The van der Waals surface area contributed by atoms with Crippen LogP contribution in [0, 0.1) is 5.82 Å². The maximum absolute atomic E-state index is 14.5. The van der Waals surface area contributed by atoms with Crippen LogP contribution in [0.4, 0.5) is 10.1 Å². The highest BCUT2D eigenvalue weighted by atomic mass is 19.1. The lowest BCUT2D eigenvalue weighted by Crippen LogP contribution is -2.36. The largest absolute Gasteiger partial charge is 0.378 e. The standard InChI is InChI=1S/C20H25FN4O2/c21-16-12-14(6-7-18(16)25-8-10-27-11-9-25)13-22-20(26)19-15-4-2-1-3-5-17(15)23-24-19/h6-7,12H,1-5,8-11,13H2,(H,22,26)(H,23,24). The van der Waals surface area contributed by atoms with E-state index in [-0.39, 0.29) is 18.3 Å². The maximum Gasteiger partial charge on any atom is 0.272 e. The van der Waals surface area contributed by atoms with E-state index >= 15 is 0 Å². The third-order valence-electron chi connectivity index (χ3n) is 5.34. The smallest absolute Gasteiger partial charge is 0.272 e. The minimum Gasteiger partial charge on any atom is -0.378 e. The molecule has 7 heteroatoms. The van der Waals surface area contributed by atoms with Crippen molar-refractivity contribution in [3.8, 4) is 0 Å². The molecule has 1 aliphatic carbocycles. The molecule has 1 saturated heterocycles. The molecule has 2 N–H and O–H groups in total. The number of nitrogens with one attached hydrogen (secondary N) is 2. The Morgan fingerprint density at radius 1 is 1.22 bits per heavy atom. The summed E-state index contributed by atoms with van der Waals surface area (Å²) in [6.07, 6.45) is 5.23. The molecule has 0 bridgehead atoms. The van der Waals surface area contributed by atoms with Gasteiger partial charge in [-0.3, -0.25) is 9.89 Å². The zero-order chi connectivity index (χ0) is 18.6. The lowest BCUT2D eigenvalue weighted by atomic mass is 10.1. The van der Waals surface area contributed by atoms with E-state index < -0.39 is 0 Å². The van der Waals surface area contributed by atoms with Gasteiger partial charge in [0.15, 0.2) is 5.69 Å². The number of carbonyl (C=O) groups excluding carboxylic acids is 1. The van der Waals surface area contributed by atoms with Crippen LogP contribution in [-0.2, 0) is 24.1 Å². The zero-order valence-corrected chi connectivity index (χ0v) is 15.4. The van der Waals surface area contributed by atoms with Crippen LogP contribution in [0.15, 0.2) is 18.2 Å². The molecule has 2 heterocycles. The third-order valence-corrected chi connectivity index (χ3v) is 5.34. The van der Waals surface area contributed by atoms with E-state index in [1.54, 1.807) is 6.07 Å². The Bertz CT molecular complexity index is 814. The number of H-pyrrole nitrogens is 1. The Morgan fingerprint density at radius 3 is 2.85 bits per heavy atom. The Labute approximate surface area is 158 Å². The molecule has 144 valence electrons. The molecule has 1 aromatic heterocycles. The van der Waals surface area contributed by atoms with Crippen molar-refractivity contribution in [1.82, 2.24) is 15.5 Å². The molecule has 1 aliphatic heterocycles. The first-order valence-electron chi connectivity index (χ1n) is 9.68. The Morgan fingerprint density at radius 2 is 2.04 bits per heavy atom. The van der Waals surface area contributed by atoms with Gasteiger partial charge in [-0.25, -0.2) is 4.39 Å². The fraction of sp³-hybridized carbons (Fsp3) is 0.500. The van der Waals surface area contributed by atoms with E-state index in [0.29, 0.717) is 37.7 Å². The van der Waals surface area contributed by atoms with Crippen LogP contribution in [0.3, 0.4) is 0 Å². The number of aryl methyl sites for hydroxylation is 1. The first kappa shape index (κ1) is 18.0. The number of aromatic amines is 1. The highest BCUT2D eigenvalue weighted by Crippen LogP contribution is 2.23. The van der Waals surface area contributed by atoms with E-state index in [1.807, 2.05) is 11.0 Å². The quantitative estimate of drug-likeness (QED) is 0.810. The zero-order valence-electron chi connectivity index (χ0n) is 15.4. The number of anilines is 1. The van der Waals surface area contributed by atoms with Crippen molar-refractivity contribution in [1.29, 1.82) is 0 Å². The molecule has 1 fully saturated rings. The van der Waals surface area contributed by atoms with Crippen LogP contribution < -0.4 is 10.2 Å². The number of hydrogen-bond acceptors (Lipinski definition) is 4. The second kappa shape index (κ2) is 8.08. The number of hydrogen-bond donors (Lipinski definition) is 2. The first-order valence-corrected chi connectivity index (χ1v) is 9.68. The molecule has 0 saturated carbocycles. The first-order chi connectivity index (χ1) is 13.2. The summed E-state index contributed by atoms with van der Waals surface area (Å²) in [7, 11) is 0. The van der Waals surface area contributed by atoms with Crippen LogP contribution in [0.5, 0.6) is 0 Å². The van der Waals surface area contributed by atoms with Gasteiger partial charge in [0, 0.05) is 30.9 Å². The molecular formula is C20H25FN4O2. The Hall–Kier alpha value is -2.41. The summed E-state index contributed by atoms with van der Waals surface area (Å²) >= 11 is 0. The number of halogens is 1. The van der Waals surface area contributed by atoms with Crippen molar-refractivity contribution in [2.75, 3.05) is 31.2 Å². The maximum atomic E-state index is 14.5. The van der Waals surface area contributed by atoms with Crippen molar-refractivity contribution in [3.63, 3.8) is 0 Å². The van der Waals surface area contributed by atoms with Crippen molar-refractivity contribution in [2.45, 2.75) is 38.6 Å². The minimum absolute atomic E-state index is 0.202. The molecule has 1 amide bonds. The van der Waals surface area contributed by atoms with E-state index in [2.05, 4.69) is 15.5 Å². The summed E-state index contributed by atoms with van der Waals surface area (Å²) in [5.41, 5.74) is 3.93. The molecular weight excluding hydrogens is 347 g/mol. The van der Waals surface area contributed by atoms with Crippen molar-refractivity contribution >= 4 is 11.6 Å². The molecule has 2 aliphatic rings. The molecule has 2 aromatic rings. The Balaban J connectivity index is 1.40. The van der Waals surface area contributed by atoms with Crippen molar-refractivity contribution < 1.29 is 13.9 Å². The summed E-state index contributed by atoms with van der Waals surface area (Å²) in [5, 5.41) is 10.1. The lowest BCUT2D eigenvalue weighted by Gasteiger charge is -2.29. The average Bonchev–Trinajstić information content (AvgIpc) is 2.95. The number of amides is 1.